The van der Waals surface area contributed by atoms with E-state index in [1.54, 1.807) is 0 Å². The van der Waals surface area contributed by atoms with Crippen molar-refractivity contribution < 1.29 is 9.53 Å². The van der Waals surface area contributed by atoms with Gasteiger partial charge < -0.3 is 10.1 Å². The van der Waals surface area contributed by atoms with E-state index in [1.165, 1.54) is 11.8 Å². The van der Waals surface area contributed by atoms with Gasteiger partial charge >= 0.3 is 0 Å². The summed E-state index contributed by atoms with van der Waals surface area (Å²) >= 11 is 1.33. The van der Waals surface area contributed by atoms with Crippen LogP contribution in [0.15, 0.2) is 59.8 Å². The average molecular weight is 397 g/mol. The van der Waals surface area contributed by atoms with Crippen LogP contribution in [0.5, 0.6) is 5.75 Å². The number of carbonyl (C=O) groups is 1. The number of anilines is 1. The Bertz CT molecular complexity index is 894. The summed E-state index contributed by atoms with van der Waals surface area (Å²) in [5.74, 6) is 1.75. The second-order valence-corrected chi connectivity index (χ2v) is 8.01. The van der Waals surface area contributed by atoms with Crippen LogP contribution in [0.4, 0.5) is 5.69 Å². The van der Waals surface area contributed by atoms with Gasteiger partial charge in [0.1, 0.15) is 18.2 Å². The Morgan fingerprint density at radius 2 is 1.82 bits per heavy atom. The summed E-state index contributed by atoms with van der Waals surface area (Å²) in [6.07, 6.45) is 0. The number of hydrogen-bond acceptors (Lipinski definition) is 5. The Hall–Kier alpha value is -2.80. The molecule has 7 heteroatoms. The third-order valence-electron chi connectivity index (χ3n) is 4.05. The third kappa shape index (κ3) is 5.60. The molecule has 1 aromatic heterocycles. The highest BCUT2D eigenvalue weighted by Crippen LogP contribution is 2.23. The van der Waals surface area contributed by atoms with Gasteiger partial charge in [-0.3, -0.25) is 9.89 Å². The van der Waals surface area contributed by atoms with Crippen molar-refractivity contribution in [1.29, 1.82) is 0 Å². The highest BCUT2D eigenvalue weighted by Gasteiger charge is 2.18. The molecule has 0 saturated heterocycles. The number of thioether (sulfide) groups is 1. The van der Waals surface area contributed by atoms with Crippen LogP contribution in [0.2, 0.25) is 0 Å². The molecule has 0 aliphatic carbocycles. The summed E-state index contributed by atoms with van der Waals surface area (Å²) < 4.78 is 5.76. The SMILES string of the molecule is CC(Sc1n[nH]c(C(C)C)n1)C(=O)Nc1ccc(OCc2ccccc2)cc1. The lowest BCUT2D eigenvalue weighted by Gasteiger charge is -2.11. The number of amides is 1. The van der Waals surface area contributed by atoms with Crippen molar-refractivity contribution in [2.24, 2.45) is 0 Å². The van der Waals surface area contributed by atoms with Gasteiger partial charge in [0.25, 0.3) is 0 Å². The van der Waals surface area contributed by atoms with E-state index in [2.05, 4.69) is 20.5 Å². The molecule has 1 amide bonds. The number of benzene rings is 2. The first kappa shape index (κ1) is 19.9. The molecule has 1 atom stereocenters. The molecule has 0 radical (unpaired) electrons. The standard InChI is InChI=1S/C21H24N4O2S/c1-14(2)19-23-21(25-24-19)28-15(3)20(26)22-17-9-11-18(12-10-17)27-13-16-7-5-4-6-8-16/h4-12,14-15H,13H2,1-3H3,(H,22,26)(H,23,24,25). The fraction of sp³-hybridized carbons (Fsp3) is 0.286. The quantitative estimate of drug-likeness (QED) is 0.543. The smallest absolute Gasteiger partial charge is 0.237 e. The van der Waals surface area contributed by atoms with Crippen LogP contribution in [0.1, 0.15) is 38.1 Å². The second-order valence-electron chi connectivity index (χ2n) is 6.71. The summed E-state index contributed by atoms with van der Waals surface area (Å²) in [6.45, 7) is 6.43. The number of aromatic amines is 1. The predicted molar refractivity (Wildman–Crippen MR) is 112 cm³/mol. The molecular formula is C21H24N4O2S. The van der Waals surface area contributed by atoms with Gasteiger partial charge in [-0.15, -0.1) is 5.10 Å². The molecule has 3 rings (SSSR count). The van der Waals surface area contributed by atoms with Crippen LogP contribution in [0.3, 0.4) is 0 Å². The van der Waals surface area contributed by atoms with E-state index in [-0.39, 0.29) is 17.1 Å². The van der Waals surface area contributed by atoms with Gasteiger partial charge in [0, 0.05) is 11.6 Å². The van der Waals surface area contributed by atoms with E-state index in [1.807, 2.05) is 75.4 Å². The molecule has 3 aromatic rings. The van der Waals surface area contributed by atoms with E-state index >= 15 is 0 Å². The van der Waals surface area contributed by atoms with Crippen LogP contribution >= 0.6 is 11.8 Å². The fourth-order valence-corrected chi connectivity index (χ4v) is 3.13. The molecule has 1 unspecified atom stereocenters. The number of ether oxygens (including phenoxy) is 1. The van der Waals surface area contributed by atoms with E-state index in [4.69, 9.17) is 4.74 Å². The number of H-pyrrole nitrogens is 1. The number of rotatable bonds is 8. The topological polar surface area (TPSA) is 79.9 Å². The molecule has 2 aromatic carbocycles. The van der Waals surface area contributed by atoms with Crippen molar-refractivity contribution in [2.75, 3.05) is 5.32 Å². The van der Waals surface area contributed by atoms with Crippen molar-refractivity contribution in [1.82, 2.24) is 15.2 Å². The molecule has 1 heterocycles. The van der Waals surface area contributed by atoms with Crippen LogP contribution in [0, 0.1) is 0 Å². The Balaban J connectivity index is 1.50. The van der Waals surface area contributed by atoms with Crippen molar-refractivity contribution in [3.05, 3.63) is 66.0 Å². The zero-order valence-corrected chi connectivity index (χ0v) is 17.0. The average Bonchev–Trinajstić information content (AvgIpc) is 3.17. The summed E-state index contributed by atoms with van der Waals surface area (Å²) in [4.78, 5) is 16.8. The number of hydrogen-bond donors (Lipinski definition) is 2. The van der Waals surface area contributed by atoms with Gasteiger partial charge in [0.2, 0.25) is 11.1 Å². The predicted octanol–water partition coefficient (Wildman–Crippen LogP) is 4.63. The lowest BCUT2D eigenvalue weighted by Crippen LogP contribution is -2.22. The van der Waals surface area contributed by atoms with Crippen LogP contribution in [0.25, 0.3) is 0 Å². The minimum absolute atomic E-state index is 0.0983. The molecule has 0 fully saturated rings. The highest BCUT2D eigenvalue weighted by molar-refractivity contribution is 8.00. The molecule has 0 aliphatic rings. The van der Waals surface area contributed by atoms with Gasteiger partial charge in [-0.1, -0.05) is 55.9 Å². The molecule has 0 aliphatic heterocycles. The molecule has 0 bridgehead atoms. The Kier molecular flexibility index (Phi) is 6.71. The van der Waals surface area contributed by atoms with Crippen LogP contribution < -0.4 is 10.1 Å². The highest BCUT2D eigenvalue weighted by atomic mass is 32.2. The molecule has 28 heavy (non-hydrogen) atoms. The van der Waals surface area contributed by atoms with Gasteiger partial charge in [-0.05, 0) is 36.8 Å². The zero-order chi connectivity index (χ0) is 19.9. The number of aromatic nitrogens is 3. The molecule has 146 valence electrons. The Morgan fingerprint density at radius 3 is 2.46 bits per heavy atom. The largest absolute Gasteiger partial charge is 0.489 e. The number of nitrogens with zero attached hydrogens (tertiary/aromatic N) is 2. The minimum atomic E-state index is -0.315. The summed E-state index contributed by atoms with van der Waals surface area (Å²) in [5.41, 5.74) is 1.83. The van der Waals surface area contributed by atoms with E-state index in [9.17, 15) is 4.79 Å². The minimum Gasteiger partial charge on any atom is -0.489 e. The molecule has 6 nitrogen and oxygen atoms in total. The van der Waals surface area contributed by atoms with E-state index < -0.39 is 0 Å². The Labute approximate surface area is 169 Å². The number of carbonyl (C=O) groups excluding carboxylic acids is 1. The van der Waals surface area contributed by atoms with Gasteiger partial charge in [-0.2, -0.15) is 0 Å². The molecule has 0 saturated carbocycles. The lowest BCUT2D eigenvalue weighted by atomic mass is 10.2. The van der Waals surface area contributed by atoms with Crippen molar-refractivity contribution in [2.45, 2.75) is 43.7 Å². The van der Waals surface area contributed by atoms with Crippen molar-refractivity contribution in [3.63, 3.8) is 0 Å². The normalized spacial score (nSPS) is 12.0. The lowest BCUT2D eigenvalue weighted by molar-refractivity contribution is -0.115. The van der Waals surface area contributed by atoms with E-state index in [0.717, 1.165) is 22.8 Å². The molecule has 0 spiro atoms. The van der Waals surface area contributed by atoms with Crippen molar-refractivity contribution >= 4 is 23.4 Å². The first-order valence-electron chi connectivity index (χ1n) is 9.18. The monoisotopic (exact) mass is 396 g/mol. The van der Waals surface area contributed by atoms with Gasteiger partial charge in [-0.25, -0.2) is 4.98 Å². The third-order valence-corrected chi connectivity index (χ3v) is 5.01. The van der Waals surface area contributed by atoms with E-state index in [0.29, 0.717) is 11.8 Å². The van der Waals surface area contributed by atoms with Crippen molar-refractivity contribution in [3.8, 4) is 5.75 Å². The second kappa shape index (κ2) is 9.41. The van der Waals surface area contributed by atoms with Crippen LogP contribution in [-0.4, -0.2) is 26.3 Å². The fourth-order valence-electron chi connectivity index (χ4n) is 2.40. The van der Waals surface area contributed by atoms with Crippen LogP contribution in [-0.2, 0) is 11.4 Å². The molecular weight excluding hydrogens is 372 g/mol. The Morgan fingerprint density at radius 1 is 1.11 bits per heavy atom. The van der Waals surface area contributed by atoms with Gasteiger partial charge in [0.15, 0.2) is 0 Å². The first-order valence-corrected chi connectivity index (χ1v) is 10.1. The summed E-state index contributed by atoms with van der Waals surface area (Å²) in [5, 5.41) is 10.2. The maximum absolute atomic E-state index is 12.4. The first-order chi connectivity index (χ1) is 13.5. The maximum Gasteiger partial charge on any atom is 0.237 e. The molecule has 2 N–H and O–H groups in total. The number of nitrogens with one attached hydrogen (secondary N) is 2. The van der Waals surface area contributed by atoms with Gasteiger partial charge in [0.05, 0.1) is 5.25 Å². The zero-order valence-electron chi connectivity index (χ0n) is 16.2. The summed E-state index contributed by atoms with van der Waals surface area (Å²) in [7, 11) is 0. The maximum atomic E-state index is 12.4. The summed E-state index contributed by atoms with van der Waals surface area (Å²) in [6, 6.07) is 17.3.